The van der Waals surface area contributed by atoms with E-state index in [2.05, 4.69) is 0 Å². The number of aliphatic hydroxyl groups is 1. The van der Waals surface area contributed by atoms with Crippen molar-refractivity contribution < 1.29 is 39.0 Å². The van der Waals surface area contributed by atoms with Crippen molar-refractivity contribution in [2.75, 3.05) is 13.2 Å². The van der Waals surface area contributed by atoms with E-state index in [1.807, 2.05) is 133 Å². The van der Waals surface area contributed by atoms with E-state index in [1.54, 1.807) is 6.07 Å². The lowest BCUT2D eigenvalue weighted by Crippen LogP contribution is -2.53. The molecule has 0 saturated carbocycles. The van der Waals surface area contributed by atoms with Gasteiger partial charge in [-0.2, -0.15) is 0 Å². The lowest BCUT2D eigenvalue weighted by Gasteiger charge is -2.49. The number of fused-ring (bicyclic) bond motifs is 1. The first-order valence-corrected chi connectivity index (χ1v) is 17.7. The average molecular weight is 711 g/mol. The minimum absolute atomic E-state index is 0.0185. The minimum Gasteiger partial charge on any atom is -0.504 e. The number of ether oxygens (including phenoxy) is 5. The molecule has 8 heteroatoms. The van der Waals surface area contributed by atoms with Crippen LogP contribution < -0.4 is 14.2 Å². The molecule has 270 valence electrons. The van der Waals surface area contributed by atoms with Gasteiger partial charge in [0.2, 0.25) is 0 Å². The van der Waals surface area contributed by atoms with E-state index < -0.39 is 17.8 Å². The summed E-state index contributed by atoms with van der Waals surface area (Å²) in [5, 5.41) is 31.3. The van der Waals surface area contributed by atoms with Crippen LogP contribution in [0.4, 0.5) is 0 Å². The quantitative estimate of drug-likeness (QED) is 0.0913. The standard InChI is InChI=1S/C45H42O8/c46-23-24-52-45(28-32-13-5-1-6-14-32)42-40(50-30-34-17-9-3-10-18-34)26-37(49-29-33-15-7-2-8-16-33)27-41(42)53-43(36-21-22-38(47)39(48)25-36)44(45)51-31-35-19-11-4-12-20-35/h1-22,25-27,43-44,46-48H,23-24,28-31H2/t43-,44+,45+/m1/s1. The van der Waals surface area contributed by atoms with Crippen molar-refractivity contribution in [1.82, 2.24) is 0 Å². The molecule has 1 aliphatic heterocycles. The fourth-order valence-corrected chi connectivity index (χ4v) is 6.80. The van der Waals surface area contributed by atoms with E-state index in [-0.39, 0.29) is 37.9 Å². The number of hydrogen-bond acceptors (Lipinski definition) is 8. The van der Waals surface area contributed by atoms with Crippen molar-refractivity contribution in [3.63, 3.8) is 0 Å². The molecular formula is C45H42O8. The summed E-state index contributed by atoms with van der Waals surface area (Å²) in [6, 6.07) is 47.8. The normalized spacial score (nSPS) is 17.8. The molecule has 8 nitrogen and oxygen atoms in total. The van der Waals surface area contributed by atoms with Gasteiger partial charge in [-0.3, -0.25) is 0 Å². The summed E-state index contributed by atoms with van der Waals surface area (Å²) in [5.41, 5.74) is 3.70. The number of phenols is 2. The van der Waals surface area contributed by atoms with Gasteiger partial charge in [-0.1, -0.05) is 127 Å². The van der Waals surface area contributed by atoms with Crippen molar-refractivity contribution >= 4 is 0 Å². The molecule has 1 aliphatic rings. The Kier molecular flexibility index (Phi) is 11.2. The SMILES string of the molecule is OCCO[C@@]1(Cc2ccccc2)c2c(OCc3ccccc3)cc(OCc3ccccc3)cc2O[C@H](c2ccc(O)c(O)c2)[C@@H]1OCc1ccccc1. The summed E-state index contributed by atoms with van der Waals surface area (Å²) in [6.45, 7) is 0.507. The maximum atomic E-state index is 10.7. The molecule has 0 aromatic heterocycles. The van der Waals surface area contributed by atoms with Gasteiger partial charge in [0.25, 0.3) is 0 Å². The molecule has 3 atom stereocenters. The van der Waals surface area contributed by atoms with Crippen molar-refractivity contribution in [2.24, 2.45) is 0 Å². The van der Waals surface area contributed by atoms with Crippen molar-refractivity contribution in [2.45, 2.75) is 44.1 Å². The molecule has 0 saturated heterocycles. The Morgan fingerprint density at radius 1 is 0.585 bits per heavy atom. The summed E-state index contributed by atoms with van der Waals surface area (Å²) in [4.78, 5) is 0. The van der Waals surface area contributed by atoms with Crippen LogP contribution in [0.1, 0.15) is 39.5 Å². The molecule has 6 aromatic rings. The average Bonchev–Trinajstić information content (AvgIpc) is 3.20. The Hall–Kier alpha value is -5.80. The second kappa shape index (κ2) is 16.7. The number of phenolic OH excluding ortho intramolecular Hbond substituents is 2. The number of rotatable bonds is 15. The maximum absolute atomic E-state index is 10.7. The molecule has 0 amide bonds. The van der Waals surface area contributed by atoms with Gasteiger partial charge < -0.3 is 39.0 Å². The van der Waals surface area contributed by atoms with E-state index in [4.69, 9.17) is 23.7 Å². The Labute approximate surface area is 309 Å². The molecule has 0 unspecified atom stereocenters. The van der Waals surface area contributed by atoms with E-state index in [0.29, 0.717) is 41.4 Å². The number of aromatic hydroxyl groups is 2. The van der Waals surface area contributed by atoms with Crippen LogP contribution >= 0.6 is 0 Å². The van der Waals surface area contributed by atoms with Crippen LogP contribution in [0.25, 0.3) is 0 Å². The highest BCUT2D eigenvalue weighted by Gasteiger charge is 2.55. The van der Waals surface area contributed by atoms with Crippen LogP contribution in [0, 0.1) is 0 Å². The zero-order valence-corrected chi connectivity index (χ0v) is 29.2. The molecule has 1 heterocycles. The summed E-state index contributed by atoms with van der Waals surface area (Å²) in [5.74, 6) is 0.873. The number of benzene rings is 6. The first kappa shape index (κ1) is 35.6. The topological polar surface area (TPSA) is 107 Å². The van der Waals surface area contributed by atoms with Crippen LogP contribution in [0.3, 0.4) is 0 Å². The van der Waals surface area contributed by atoms with Crippen LogP contribution in [-0.2, 0) is 41.3 Å². The minimum atomic E-state index is -1.31. The molecule has 0 radical (unpaired) electrons. The first-order chi connectivity index (χ1) is 26.0. The van der Waals surface area contributed by atoms with Gasteiger partial charge in [-0.25, -0.2) is 0 Å². The Balaban J connectivity index is 1.43. The van der Waals surface area contributed by atoms with Crippen LogP contribution in [-0.4, -0.2) is 34.6 Å². The van der Waals surface area contributed by atoms with E-state index in [0.717, 1.165) is 22.3 Å². The van der Waals surface area contributed by atoms with Gasteiger partial charge in [0.1, 0.15) is 42.2 Å². The van der Waals surface area contributed by atoms with E-state index >= 15 is 0 Å². The lowest BCUT2D eigenvalue weighted by molar-refractivity contribution is -0.205. The van der Waals surface area contributed by atoms with E-state index in [1.165, 1.54) is 12.1 Å². The van der Waals surface area contributed by atoms with E-state index in [9.17, 15) is 15.3 Å². The Morgan fingerprint density at radius 3 is 1.74 bits per heavy atom. The van der Waals surface area contributed by atoms with Crippen LogP contribution in [0.2, 0.25) is 0 Å². The highest BCUT2D eigenvalue weighted by molar-refractivity contribution is 5.57. The Morgan fingerprint density at radius 2 is 1.15 bits per heavy atom. The van der Waals surface area contributed by atoms with Crippen molar-refractivity contribution in [3.8, 4) is 28.7 Å². The van der Waals surface area contributed by atoms with Crippen LogP contribution in [0.15, 0.2) is 152 Å². The number of aliphatic hydroxyl groups excluding tert-OH is 1. The monoisotopic (exact) mass is 710 g/mol. The predicted octanol–water partition coefficient (Wildman–Crippen LogP) is 8.42. The van der Waals surface area contributed by atoms with Crippen LogP contribution in [0.5, 0.6) is 28.7 Å². The summed E-state index contributed by atoms with van der Waals surface area (Å²) in [6.07, 6.45) is -1.40. The van der Waals surface area contributed by atoms with Gasteiger partial charge in [-0.15, -0.1) is 0 Å². The van der Waals surface area contributed by atoms with Gasteiger partial charge in [0.05, 0.1) is 25.4 Å². The Bertz CT molecular complexity index is 2060. The molecule has 0 spiro atoms. The zero-order valence-electron chi connectivity index (χ0n) is 29.2. The fourth-order valence-electron chi connectivity index (χ4n) is 6.80. The molecule has 53 heavy (non-hydrogen) atoms. The van der Waals surface area contributed by atoms with Gasteiger partial charge in [0, 0.05) is 18.6 Å². The molecular weight excluding hydrogens is 668 g/mol. The zero-order chi connectivity index (χ0) is 36.5. The first-order valence-electron chi connectivity index (χ1n) is 17.7. The van der Waals surface area contributed by atoms with Crippen molar-refractivity contribution in [3.05, 3.63) is 185 Å². The molecule has 6 aromatic carbocycles. The smallest absolute Gasteiger partial charge is 0.157 e. The van der Waals surface area contributed by atoms with Gasteiger partial charge in [0.15, 0.2) is 17.6 Å². The maximum Gasteiger partial charge on any atom is 0.157 e. The molecule has 0 bridgehead atoms. The second-order valence-electron chi connectivity index (χ2n) is 13.0. The third kappa shape index (κ3) is 8.31. The summed E-state index contributed by atoms with van der Waals surface area (Å²) < 4.78 is 33.9. The largest absolute Gasteiger partial charge is 0.504 e. The molecule has 7 rings (SSSR count). The highest BCUT2D eigenvalue weighted by atomic mass is 16.6. The predicted molar refractivity (Wildman–Crippen MR) is 201 cm³/mol. The fraction of sp³-hybridized carbons (Fsp3) is 0.200. The lowest BCUT2D eigenvalue weighted by atomic mass is 9.75. The number of hydrogen-bond donors (Lipinski definition) is 3. The summed E-state index contributed by atoms with van der Waals surface area (Å²) in [7, 11) is 0. The van der Waals surface area contributed by atoms with Crippen molar-refractivity contribution in [1.29, 1.82) is 0 Å². The third-order valence-corrected chi connectivity index (χ3v) is 9.30. The van der Waals surface area contributed by atoms with Gasteiger partial charge >= 0.3 is 0 Å². The molecule has 0 fully saturated rings. The molecule has 0 aliphatic carbocycles. The molecule has 3 N–H and O–H groups in total. The third-order valence-electron chi connectivity index (χ3n) is 9.30. The van der Waals surface area contributed by atoms with Gasteiger partial charge in [-0.05, 0) is 39.9 Å². The summed E-state index contributed by atoms with van der Waals surface area (Å²) >= 11 is 0. The highest BCUT2D eigenvalue weighted by Crippen LogP contribution is 2.55. The second-order valence-corrected chi connectivity index (χ2v) is 13.0.